The van der Waals surface area contributed by atoms with Crippen LogP contribution >= 0.6 is 0 Å². The van der Waals surface area contributed by atoms with Crippen LogP contribution in [0, 0.1) is 29.6 Å². The first-order valence-electron chi connectivity index (χ1n) is 9.28. The molecule has 3 aliphatic rings. The van der Waals surface area contributed by atoms with Crippen molar-refractivity contribution in [2.45, 2.75) is 84.0 Å². The Balaban J connectivity index is 1.49. The molecule has 0 aromatic carbocycles. The van der Waals surface area contributed by atoms with Crippen molar-refractivity contribution >= 4 is 5.78 Å². The van der Waals surface area contributed by atoms with Crippen molar-refractivity contribution < 1.29 is 4.79 Å². The molecule has 1 nitrogen and oxygen atoms in total. The second kappa shape index (κ2) is 6.62. The van der Waals surface area contributed by atoms with Crippen molar-refractivity contribution in [3.63, 3.8) is 0 Å². The van der Waals surface area contributed by atoms with Crippen LogP contribution in [0.15, 0.2) is 0 Å². The maximum atomic E-state index is 11.6. The first kappa shape index (κ1) is 14.6. The summed E-state index contributed by atoms with van der Waals surface area (Å²) in [5.41, 5.74) is 0. The standard InChI is InChI=1S/C19H32O/c1-2-3-14-4-6-15(7-5-14)16-8-9-18-13-19(20)11-10-17(18)12-16/h14-18H,2-13H2,1H3/t14?,15?,16?,17-,18+/m0/s1. The topological polar surface area (TPSA) is 17.1 Å². The van der Waals surface area contributed by atoms with Crippen molar-refractivity contribution in [3.05, 3.63) is 0 Å². The van der Waals surface area contributed by atoms with Crippen molar-refractivity contribution in [1.29, 1.82) is 0 Å². The van der Waals surface area contributed by atoms with E-state index in [9.17, 15) is 4.79 Å². The Labute approximate surface area is 124 Å². The largest absolute Gasteiger partial charge is 0.300 e. The molecule has 0 amide bonds. The minimum absolute atomic E-state index is 0.546. The van der Waals surface area contributed by atoms with Gasteiger partial charge >= 0.3 is 0 Å². The van der Waals surface area contributed by atoms with Crippen LogP contribution < -0.4 is 0 Å². The van der Waals surface area contributed by atoms with Gasteiger partial charge in [-0.1, -0.05) is 32.6 Å². The van der Waals surface area contributed by atoms with E-state index < -0.39 is 0 Å². The molecule has 1 unspecified atom stereocenters. The molecule has 3 fully saturated rings. The summed E-state index contributed by atoms with van der Waals surface area (Å²) in [5, 5.41) is 0. The molecular weight excluding hydrogens is 244 g/mol. The first-order valence-corrected chi connectivity index (χ1v) is 9.28. The summed E-state index contributed by atoms with van der Waals surface area (Å²) in [4.78, 5) is 11.6. The van der Waals surface area contributed by atoms with Gasteiger partial charge in [0.05, 0.1) is 0 Å². The van der Waals surface area contributed by atoms with Gasteiger partial charge in [0.1, 0.15) is 5.78 Å². The molecule has 0 aromatic rings. The number of fused-ring (bicyclic) bond motifs is 1. The van der Waals surface area contributed by atoms with Crippen LogP contribution in [0.1, 0.15) is 84.0 Å². The minimum Gasteiger partial charge on any atom is -0.300 e. The van der Waals surface area contributed by atoms with Crippen LogP contribution in [0.2, 0.25) is 0 Å². The Morgan fingerprint density at radius 3 is 2.25 bits per heavy atom. The second-order valence-corrected chi connectivity index (χ2v) is 7.94. The lowest BCUT2D eigenvalue weighted by Crippen LogP contribution is -2.34. The fraction of sp³-hybridized carbons (Fsp3) is 0.947. The lowest BCUT2D eigenvalue weighted by atomic mass is 9.62. The van der Waals surface area contributed by atoms with E-state index >= 15 is 0 Å². The highest BCUT2D eigenvalue weighted by atomic mass is 16.1. The third-order valence-electron chi connectivity index (χ3n) is 6.72. The molecule has 0 radical (unpaired) electrons. The Kier molecular flexibility index (Phi) is 4.83. The Bertz CT molecular complexity index is 327. The SMILES string of the molecule is CCCC1CCC(C2CC[C@@H]3CC(=O)CC[C@H]3C2)CC1. The molecule has 0 aromatic heterocycles. The molecule has 0 aliphatic heterocycles. The van der Waals surface area contributed by atoms with E-state index in [-0.39, 0.29) is 0 Å². The van der Waals surface area contributed by atoms with Crippen LogP contribution in [0.25, 0.3) is 0 Å². The summed E-state index contributed by atoms with van der Waals surface area (Å²) >= 11 is 0. The van der Waals surface area contributed by atoms with E-state index in [1.807, 2.05) is 0 Å². The highest BCUT2D eigenvalue weighted by molar-refractivity contribution is 5.79. The fourth-order valence-corrected chi connectivity index (χ4v) is 5.51. The average molecular weight is 276 g/mol. The second-order valence-electron chi connectivity index (χ2n) is 7.94. The van der Waals surface area contributed by atoms with Gasteiger partial charge < -0.3 is 0 Å². The summed E-state index contributed by atoms with van der Waals surface area (Å²) in [6.45, 7) is 2.33. The van der Waals surface area contributed by atoms with Gasteiger partial charge in [0.25, 0.3) is 0 Å². The summed E-state index contributed by atoms with van der Waals surface area (Å²) in [6, 6.07) is 0. The molecule has 20 heavy (non-hydrogen) atoms. The van der Waals surface area contributed by atoms with Gasteiger partial charge in [-0.2, -0.15) is 0 Å². The van der Waals surface area contributed by atoms with E-state index in [0.29, 0.717) is 5.78 Å². The fourth-order valence-electron chi connectivity index (χ4n) is 5.51. The molecule has 3 rings (SSSR count). The Hall–Kier alpha value is -0.330. The van der Waals surface area contributed by atoms with Gasteiger partial charge in [-0.05, 0) is 68.1 Å². The zero-order valence-corrected chi connectivity index (χ0v) is 13.3. The quantitative estimate of drug-likeness (QED) is 0.676. The van der Waals surface area contributed by atoms with Gasteiger partial charge in [0.2, 0.25) is 0 Å². The molecule has 0 spiro atoms. The van der Waals surface area contributed by atoms with Gasteiger partial charge in [0.15, 0.2) is 0 Å². The highest BCUT2D eigenvalue weighted by Gasteiger charge is 2.38. The smallest absolute Gasteiger partial charge is 0.133 e. The maximum absolute atomic E-state index is 11.6. The van der Waals surface area contributed by atoms with Crippen LogP contribution in [-0.2, 0) is 4.79 Å². The van der Waals surface area contributed by atoms with Crippen LogP contribution in [0.3, 0.4) is 0 Å². The summed E-state index contributed by atoms with van der Waals surface area (Å²) in [5.74, 6) is 5.29. The average Bonchev–Trinajstić information content (AvgIpc) is 2.48. The van der Waals surface area contributed by atoms with Gasteiger partial charge in [-0.15, -0.1) is 0 Å². The van der Waals surface area contributed by atoms with E-state index in [0.717, 1.165) is 42.4 Å². The predicted molar refractivity (Wildman–Crippen MR) is 83.5 cm³/mol. The summed E-state index contributed by atoms with van der Waals surface area (Å²) in [6.07, 6.45) is 16.1. The number of carbonyl (C=O) groups excluding carboxylic acids is 1. The third-order valence-corrected chi connectivity index (χ3v) is 6.72. The first-order chi connectivity index (χ1) is 9.76. The Morgan fingerprint density at radius 2 is 1.50 bits per heavy atom. The zero-order chi connectivity index (χ0) is 13.9. The molecule has 3 atom stereocenters. The van der Waals surface area contributed by atoms with Crippen LogP contribution in [0.5, 0.6) is 0 Å². The van der Waals surface area contributed by atoms with E-state index in [4.69, 9.17) is 0 Å². The van der Waals surface area contributed by atoms with E-state index in [1.54, 1.807) is 0 Å². The molecule has 0 saturated heterocycles. The normalized spacial score (nSPS) is 42.2. The Morgan fingerprint density at radius 1 is 0.850 bits per heavy atom. The van der Waals surface area contributed by atoms with Gasteiger partial charge in [0, 0.05) is 12.8 Å². The monoisotopic (exact) mass is 276 g/mol. The summed E-state index contributed by atoms with van der Waals surface area (Å²) < 4.78 is 0. The van der Waals surface area contributed by atoms with E-state index in [1.165, 1.54) is 64.2 Å². The van der Waals surface area contributed by atoms with Crippen LogP contribution in [-0.4, -0.2) is 5.78 Å². The predicted octanol–water partition coefficient (Wildman–Crippen LogP) is 5.38. The highest BCUT2D eigenvalue weighted by Crippen LogP contribution is 2.47. The zero-order valence-electron chi connectivity index (χ0n) is 13.3. The van der Waals surface area contributed by atoms with Crippen molar-refractivity contribution in [2.24, 2.45) is 29.6 Å². The lowest BCUT2D eigenvalue weighted by Gasteiger charge is -2.43. The van der Waals surface area contributed by atoms with Crippen molar-refractivity contribution in [1.82, 2.24) is 0 Å². The third kappa shape index (κ3) is 3.28. The van der Waals surface area contributed by atoms with Crippen molar-refractivity contribution in [3.8, 4) is 0 Å². The van der Waals surface area contributed by atoms with E-state index in [2.05, 4.69) is 6.92 Å². The minimum atomic E-state index is 0.546. The lowest BCUT2D eigenvalue weighted by molar-refractivity contribution is -0.123. The molecular formula is C19H32O. The van der Waals surface area contributed by atoms with Gasteiger partial charge in [-0.25, -0.2) is 0 Å². The van der Waals surface area contributed by atoms with Crippen molar-refractivity contribution in [2.75, 3.05) is 0 Å². The number of hydrogen-bond donors (Lipinski definition) is 0. The molecule has 0 heterocycles. The number of ketones is 1. The number of carbonyl (C=O) groups is 1. The van der Waals surface area contributed by atoms with Crippen LogP contribution in [0.4, 0.5) is 0 Å². The van der Waals surface area contributed by atoms with Gasteiger partial charge in [-0.3, -0.25) is 4.79 Å². The number of Topliss-reactive ketones (excluding diaryl/α,β-unsaturated/α-hetero) is 1. The molecule has 0 bridgehead atoms. The summed E-state index contributed by atoms with van der Waals surface area (Å²) in [7, 11) is 0. The number of hydrogen-bond acceptors (Lipinski definition) is 1. The molecule has 1 heteroatoms. The molecule has 3 aliphatic carbocycles. The molecule has 3 saturated carbocycles. The maximum Gasteiger partial charge on any atom is 0.133 e. The number of rotatable bonds is 3. The molecule has 0 N–H and O–H groups in total. The molecule has 114 valence electrons.